The molecule has 1 saturated heterocycles. The average molecular weight is 226 g/mol. The molecule has 1 aliphatic heterocycles. The highest BCUT2D eigenvalue weighted by Gasteiger charge is 2.32. The molecular formula is C12H22N2O2. The van der Waals surface area contributed by atoms with Gasteiger partial charge >= 0.3 is 0 Å². The molecule has 0 aromatic carbocycles. The normalized spacial score (nSPS) is 25.4. The molecule has 0 aromatic heterocycles. The second kappa shape index (κ2) is 5.15. The number of rotatable bonds is 5. The molecule has 0 aromatic rings. The van der Waals surface area contributed by atoms with Crippen molar-refractivity contribution in [3.8, 4) is 0 Å². The zero-order valence-electron chi connectivity index (χ0n) is 10.1. The number of hydrogen-bond acceptors (Lipinski definition) is 3. The maximum Gasteiger partial charge on any atom is 0.236 e. The van der Waals surface area contributed by atoms with Crippen LogP contribution in [0, 0.1) is 5.92 Å². The largest absolute Gasteiger partial charge is 0.396 e. The van der Waals surface area contributed by atoms with Crippen LogP contribution in [0.3, 0.4) is 0 Å². The first-order valence-corrected chi connectivity index (χ1v) is 6.37. The Balaban J connectivity index is 1.78. The maximum atomic E-state index is 12.0. The van der Waals surface area contributed by atoms with Gasteiger partial charge in [-0.3, -0.25) is 9.69 Å². The van der Waals surface area contributed by atoms with Crippen molar-refractivity contribution in [2.75, 3.05) is 32.8 Å². The van der Waals surface area contributed by atoms with Crippen LogP contribution in [0.4, 0.5) is 0 Å². The van der Waals surface area contributed by atoms with E-state index in [-0.39, 0.29) is 12.5 Å². The predicted molar refractivity (Wildman–Crippen MR) is 62.0 cm³/mol. The molecule has 2 aliphatic rings. The van der Waals surface area contributed by atoms with Crippen LogP contribution < -0.4 is 0 Å². The molecule has 1 amide bonds. The Bertz CT molecular complexity index is 253. The van der Waals surface area contributed by atoms with Crippen LogP contribution >= 0.6 is 0 Å². The summed E-state index contributed by atoms with van der Waals surface area (Å²) in [6, 6.07) is 0.658. The van der Waals surface area contributed by atoms with Crippen LogP contribution in [0.15, 0.2) is 0 Å². The van der Waals surface area contributed by atoms with Gasteiger partial charge < -0.3 is 10.0 Å². The highest BCUT2D eigenvalue weighted by atomic mass is 16.3. The van der Waals surface area contributed by atoms with Gasteiger partial charge in [0.15, 0.2) is 0 Å². The lowest BCUT2D eigenvalue weighted by molar-refractivity contribution is -0.131. The first-order valence-electron chi connectivity index (χ1n) is 6.37. The van der Waals surface area contributed by atoms with Gasteiger partial charge in [0, 0.05) is 31.7 Å². The third-order valence-electron chi connectivity index (χ3n) is 3.70. The van der Waals surface area contributed by atoms with Crippen LogP contribution in [-0.2, 0) is 4.79 Å². The lowest BCUT2D eigenvalue weighted by Gasteiger charge is -2.23. The number of likely N-dealkylation sites (tertiary alicyclic amines) is 1. The van der Waals surface area contributed by atoms with Crippen molar-refractivity contribution in [3.63, 3.8) is 0 Å². The second-order valence-electron chi connectivity index (χ2n) is 4.97. The quantitative estimate of drug-likeness (QED) is 0.734. The van der Waals surface area contributed by atoms with E-state index in [9.17, 15) is 4.79 Å². The fourth-order valence-electron chi connectivity index (χ4n) is 2.42. The number of nitrogens with zero attached hydrogens (tertiary/aromatic N) is 2. The summed E-state index contributed by atoms with van der Waals surface area (Å²) in [5.74, 6) is 0.546. The Labute approximate surface area is 97.2 Å². The van der Waals surface area contributed by atoms with E-state index in [0.717, 1.165) is 26.1 Å². The molecule has 2 fully saturated rings. The summed E-state index contributed by atoms with van der Waals surface area (Å²) in [6.07, 6.45) is 3.46. The highest BCUT2D eigenvalue weighted by molar-refractivity contribution is 5.78. The molecule has 1 atom stereocenters. The van der Waals surface area contributed by atoms with Crippen molar-refractivity contribution >= 4 is 5.91 Å². The van der Waals surface area contributed by atoms with Gasteiger partial charge in [-0.2, -0.15) is 0 Å². The van der Waals surface area contributed by atoms with Crippen molar-refractivity contribution in [1.82, 2.24) is 9.80 Å². The Morgan fingerprint density at radius 1 is 1.44 bits per heavy atom. The van der Waals surface area contributed by atoms with E-state index in [4.69, 9.17) is 5.11 Å². The molecule has 1 unspecified atom stereocenters. The van der Waals surface area contributed by atoms with E-state index in [2.05, 4.69) is 11.8 Å². The van der Waals surface area contributed by atoms with Crippen LogP contribution in [0.5, 0.6) is 0 Å². The number of likely N-dealkylation sites (N-methyl/N-ethyl adjacent to an activating group) is 1. The van der Waals surface area contributed by atoms with E-state index in [1.165, 1.54) is 12.8 Å². The number of aliphatic hydroxyl groups excluding tert-OH is 1. The molecule has 0 spiro atoms. The van der Waals surface area contributed by atoms with Gasteiger partial charge in [-0.05, 0) is 25.8 Å². The Morgan fingerprint density at radius 3 is 2.69 bits per heavy atom. The number of amides is 1. The molecule has 0 bridgehead atoms. The lowest BCUT2D eigenvalue weighted by atomic mass is 10.1. The van der Waals surface area contributed by atoms with Gasteiger partial charge in [0.1, 0.15) is 0 Å². The minimum absolute atomic E-state index is 0.212. The van der Waals surface area contributed by atoms with Crippen LogP contribution in [0.25, 0.3) is 0 Å². The van der Waals surface area contributed by atoms with Crippen molar-refractivity contribution in [3.05, 3.63) is 0 Å². The molecule has 1 saturated carbocycles. The summed E-state index contributed by atoms with van der Waals surface area (Å²) in [6.45, 7) is 5.44. The second-order valence-corrected chi connectivity index (χ2v) is 4.97. The zero-order valence-corrected chi connectivity index (χ0v) is 10.1. The molecule has 1 heterocycles. The first kappa shape index (κ1) is 11.9. The van der Waals surface area contributed by atoms with Gasteiger partial charge in [-0.25, -0.2) is 0 Å². The van der Waals surface area contributed by atoms with Gasteiger partial charge in [0.2, 0.25) is 5.91 Å². The SMILES string of the molecule is CCN(CC(=O)N1CCC(CO)C1)C1CC1. The van der Waals surface area contributed by atoms with Crippen molar-refractivity contribution in [2.45, 2.75) is 32.2 Å². The lowest BCUT2D eigenvalue weighted by Crippen LogP contribution is -2.40. The topological polar surface area (TPSA) is 43.8 Å². The summed E-state index contributed by atoms with van der Waals surface area (Å²) in [7, 11) is 0. The van der Waals surface area contributed by atoms with Gasteiger partial charge in [-0.15, -0.1) is 0 Å². The predicted octanol–water partition coefficient (Wildman–Crippen LogP) is 0.311. The maximum absolute atomic E-state index is 12.0. The van der Waals surface area contributed by atoms with Gasteiger partial charge in [0.25, 0.3) is 0 Å². The Kier molecular flexibility index (Phi) is 3.82. The van der Waals surface area contributed by atoms with E-state index >= 15 is 0 Å². The summed E-state index contributed by atoms with van der Waals surface area (Å²) >= 11 is 0. The van der Waals surface area contributed by atoms with E-state index in [0.29, 0.717) is 18.5 Å². The smallest absolute Gasteiger partial charge is 0.236 e. The summed E-state index contributed by atoms with van der Waals surface area (Å²) in [4.78, 5) is 16.2. The van der Waals surface area contributed by atoms with Crippen molar-refractivity contribution in [2.24, 2.45) is 5.92 Å². The minimum Gasteiger partial charge on any atom is -0.396 e. The molecule has 2 rings (SSSR count). The van der Waals surface area contributed by atoms with Crippen molar-refractivity contribution in [1.29, 1.82) is 0 Å². The molecule has 0 radical (unpaired) electrons. The molecule has 4 heteroatoms. The monoisotopic (exact) mass is 226 g/mol. The summed E-state index contributed by atoms with van der Waals surface area (Å²) in [5, 5.41) is 9.04. The van der Waals surface area contributed by atoms with Crippen molar-refractivity contribution < 1.29 is 9.90 Å². The number of carbonyl (C=O) groups excluding carboxylic acids is 1. The molecule has 1 N–H and O–H groups in total. The minimum atomic E-state index is 0.212. The first-order chi connectivity index (χ1) is 7.74. The summed E-state index contributed by atoms with van der Waals surface area (Å²) < 4.78 is 0. The van der Waals surface area contributed by atoms with E-state index in [1.807, 2.05) is 4.90 Å². The number of hydrogen-bond donors (Lipinski definition) is 1. The van der Waals surface area contributed by atoms with E-state index < -0.39 is 0 Å². The third kappa shape index (κ3) is 2.74. The summed E-state index contributed by atoms with van der Waals surface area (Å²) in [5.41, 5.74) is 0. The van der Waals surface area contributed by atoms with Crippen LogP contribution in [0.2, 0.25) is 0 Å². The van der Waals surface area contributed by atoms with E-state index in [1.54, 1.807) is 0 Å². The average Bonchev–Trinajstić information content (AvgIpc) is 3.02. The highest BCUT2D eigenvalue weighted by Crippen LogP contribution is 2.26. The Morgan fingerprint density at radius 2 is 2.19 bits per heavy atom. The molecule has 4 nitrogen and oxygen atoms in total. The molecule has 92 valence electrons. The number of aliphatic hydroxyl groups is 1. The molecule has 1 aliphatic carbocycles. The van der Waals surface area contributed by atoms with Crippen LogP contribution in [-0.4, -0.2) is 59.6 Å². The van der Waals surface area contributed by atoms with Gasteiger partial charge in [-0.1, -0.05) is 6.92 Å². The molecular weight excluding hydrogens is 204 g/mol. The fourth-order valence-corrected chi connectivity index (χ4v) is 2.42. The van der Waals surface area contributed by atoms with Crippen LogP contribution in [0.1, 0.15) is 26.2 Å². The number of carbonyl (C=O) groups is 1. The fraction of sp³-hybridized carbons (Fsp3) is 0.917. The Hall–Kier alpha value is -0.610. The van der Waals surface area contributed by atoms with Gasteiger partial charge in [0.05, 0.1) is 6.54 Å². The third-order valence-corrected chi connectivity index (χ3v) is 3.70. The molecule has 16 heavy (non-hydrogen) atoms. The standard InChI is InChI=1S/C12H22N2O2/c1-2-13(11-3-4-11)8-12(16)14-6-5-10(7-14)9-15/h10-11,15H,2-9H2,1H3. The zero-order chi connectivity index (χ0) is 11.5.